The van der Waals surface area contributed by atoms with Crippen molar-refractivity contribution < 1.29 is 4.74 Å². The lowest BCUT2D eigenvalue weighted by atomic mass is 9.89. The van der Waals surface area contributed by atoms with E-state index in [0.29, 0.717) is 6.04 Å². The highest BCUT2D eigenvalue weighted by atomic mass is 16.5. The summed E-state index contributed by atoms with van der Waals surface area (Å²) >= 11 is 0. The fraction of sp³-hybridized carbons (Fsp3) is 0.611. The molecule has 3 saturated heterocycles. The smallest absolute Gasteiger partial charge is 0.118 e. The number of rotatable bonds is 3. The summed E-state index contributed by atoms with van der Waals surface area (Å²) in [5.41, 5.74) is 1.39. The van der Waals surface area contributed by atoms with Crippen LogP contribution in [0.4, 0.5) is 0 Å². The SMILES string of the molecule is N=C1N(Cc2ccccc2)C2CC3C(C2)C13N1CCOCC1. The molecule has 0 aromatic heterocycles. The minimum Gasteiger partial charge on any atom is -0.379 e. The summed E-state index contributed by atoms with van der Waals surface area (Å²) in [7, 11) is 0. The molecule has 5 aliphatic rings. The van der Waals surface area contributed by atoms with Crippen LogP contribution in [0.5, 0.6) is 0 Å². The Morgan fingerprint density at radius 2 is 1.77 bits per heavy atom. The highest BCUT2D eigenvalue weighted by Crippen LogP contribution is 2.68. The third-order valence-electron chi connectivity index (χ3n) is 6.40. The van der Waals surface area contributed by atoms with Crippen molar-refractivity contribution in [1.29, 1.82) is 5.41 Å². The number of piperidine rings is 2. The minimum absolute atomic E-state index is 0.0628. The van der Waals surface area contributed by atoms with E-state index in [-0.39, 0.29) is 5.54 Å². The average molecular weight is 297 g/mol. The molecule has 4 heteroatoms. The highest BCUT2D eigenvalue weighted by Gasteiger charge is 2.77. The van der Waals surface area contributed by atoms with E-state index in [1.807, 2.05) is 0 Å². The summed E-state index contributed by atoms with van der Waals surface area (Å²) in [5.74, 6) is 2.39. The Morgan fingerprint density at radius 1 is 1.09 bits per heavy atom. The van der Waals surface area contributed by atoms with E-state index >= 15 is 0 Å². The van der Waals surface area contributed by atoms with Crippen LogP contribution in [0, 0.1) is 17.2 Å². The Kier molecular flexibility index (Phi) is 2.71. The molecule has 4 bridgehead atoms. The monoisotopic (exact) mass is 297 g/mol. The second-order valence-electron chi connectivity index (χ2n) is 7.23. The molecule has 1 aromatic carbocycles. The summed E-state index contributed by atoms with van der Waals surface area (Å²) in [6.07, 6.45) is 2.58. The minimum atomic E-state index is 0.0628. The zero-order valence-electron chi connectivity index (χ0n) is 12.9. The summed E-state index contributed by atoms with van der Waals surface area (Å²) in [6.45, 7) is 4.56. The van der Waals surface area contributed by atoms with Crippen LogP contribution in [0.2, 0.25) is 0 Å². The number of morpholine rings is 1. The Labute approximate surface area is 131 Å². The topological polar surface area (TPSA) is 39.6 Å². The molecule has 1 N–H and O–H groups in total. The van der Waals surface area contributed by atoms with Gasteiger partial charge in [-0.05, 0) is 30.2 Å². The summed E-state index contributed by atoms with van der Waals surface area (Å²) in [4.78, 5) is 4.96. The van der Waals surface area contributed by atoms with Gasteiger partial charge < -0.3 is 9.64 Å². The van der Waals surface area contributed by atoms with Gasteiger partial charge in [-0.3, -0.25) is 10.3 Å². The van der Waals surface area contributed by atoms with Crippen LogP contribution in [-0.2, 0) is 11.3 Å². The Balaban J connectivity index is 1.43. The predicted octanol–water partition coefficient (Wildman–Crippen LogP) is 1.96. The molecule has 0 radical (unpaired) electrons. The van der Waals surface area contributed by atoms with E-state index in [4.69, 9.17) is 10.1 Å². The van der Waals surface area contributed by atoms with Gasteiger partial charge in [-0.2, -0.15) is 0 Å². The summed E-state index contributed by atoms with van der Waals surface area (Å²) in [5, 5.41) is 8.93. The number of nitrogens with zero attached hydrogens (tertiary/aromatic N) is 2. The predicted molar refractivity (Wildman–Crippen MR) is 84.8 cm³/mol. The van der Waals surface area contributed by atoms with Crippen molar-refractivity contribution in [1.82, 2.24) is 9.80 Å². The van der Waals surface area contributed by atoms with Gasteiger partial charge in [0.05, 0.1) is 18.8 Å². The average Bonchev–Trinajstić information content (AvgIpc) is 3.02. The number of nitrogens with one attached hydrogen (secondary N) is 1. The maximum Gasteiger partial charge on any atom is 0.118 e. The Hall–Kier alpha value is -1.39. The largest absolute Gasteiger partial charge is 0.379 e. The summed E-state index contributed by atoms with van der Waals surface area (Å²) in [6, 6.07) is 11.2. The fourth-order valence-corrected chi connectivity index (χ4v) is 5.45. The van der Waals surface area contributed by atoms with Crippen molar-refractivity contribution in [3.63, 3.8) is 0 Å². The van der Waals surface area contributed by atoms with E-state index in [9.17, 15) is 0 Å². The molecule has 6 rings (SSSR count). The highest BCUT2D eigenvalue weighted by molar-refractivity contribution is 5.96. The van der Waals surface area contributed by atoms with Crippen molar-refractivity contribution in [3.8, 4) is 0 Å². The first-order valence-electron chi connectivity index (χ1n) is 8.54. The van der Waals surface area contributed by atoms with Gasteiger partial charge >= 0.3 is 0 Å². The molecule has 0 spiro atoms. The van der Waals surface area contributed by atoms with Crippen LogP contribution >= 0.6 is 0 Å². The standard InChI is InChI=1S/C18H23N3O/c19-17-18(20-6-8-22-9-7-20)15-10-14(11-16(15)18)21(17)12-13-4-2-1-3-5-13/h1-5,14-16,19H,6-12H2. The van der Waals surface area contributed by atoms with E-state index in [2.05, 4.69) is 40.1 Å². The molecule has 2 atom stereocenters. The Bertz CT molecular complexity index is 584. The molecule has 116 valence electrons. The number of ether oxygens (including phenoxy) is 1. The quantitative estimate of drug-likeness (QED) is 0.927. The second kappa shape index (κ2) is 4.56. The van der Waals surface area contributed by atoms with Crippen molar-refractivity contribution in [3.05, 3.63) is 35.9 Å². The number of hydrogen-bond donors (Lipinski definition) is 1. The van der Waals surface area contributed by atoms with E-state index in [0.717, 1.165) is 50.5 Å². The zero-order chi connectivity index (χ0) is 14.7. The Morgan fingerprint density at radius 3 is 2.45 bits per heavy atom. The van der Waals surface area contributed by atoms with Gasteiger partial charge in [-0.25, -0.2) is 0 Å². The first-order chi connectivity index (χ1) is 10.8. The fourth-order valence-electron chi connectivity index (χ4n) is 5.45. The number of hydrogen-bond acceptors (Lipinski definition) is 3. The molecule has 22 heavy (non-hydrogen) atoms. The van der Waals surface area contributed by atoms with Gasteiger partial charge in [0, 0.05) is 25.7 Å². The molecule has 2 saturated carbocycles. The van der Waals surface area contributed by atoms with Crippen molar-refractivity contribution in [2.75, 3.05) is 26.3 Å². The van der Waals surface area contributed by atoms with Gasteiger partial charge in [0.2, 0.25) is 0 Å². The van der Waals surface area contributed by atoms with Gasteiger partial charge in [0.15, 0.2) is 0 Å². The molecule has 4 nitrogen and oxygen atoms in total. The van der Waals surface area contributed by atoms with E-state index in [1.165, 1.54) is 18.4 Å². The first-order valence-corrected chi connectivity index (χ1v) is 8.54. The van der Waals surface area contributed by atoms with Crippen LogP contribution in [0.1, 0.15) is 18.4 Å². The molecular formula is C18H23N3O. The second-order valence-corrected chi connectivity index (χ2v) is 7.23. The number of amidine groups is 1. The molecule has 1 aromatic rings. The van der Waals surface area contributed by atoms with Crippen LogP contribution in [-0.4, -0.2) is 53.5 Å². The molecule has 2 unspecified atom stereocenters. The molecule has 0 amide bonds. The van der Waals surface area contributed by atoms with Crippen molar-refractivity contribution in [2.45, 2.75) is 31.0 Å². The molecule has 3 aliphatic heterocycles. The maximum atomic E-state index is 8.93. The maximum absolute atomic E-state index is 8.93. The van der Waals surface area contributed by atoms with Crippen LogP contribution in [0.3, 0.4) is 0 Å². The molecule has 2 aliphatic carbocycles. The first kappa shape index (κ1) is 13.1. The number of fused-ring (bicyclic) bond motifs is 1. The normalized spacial score (nSPS) is 40.1. The lowest BCUT2D eigenvalue weighted by Gasteiger charge is -2.49. The van der Waals surface area contributed by atoms with Gasteiger partial charge in [-0.1, -0.05) is 30.3 Å². The van der Waals surface area contributed by atoms with Gasteiger partial charge in [0.1, 0.15) is 5.84 Å². The van der Waals surface area contributed by atoms with E-state index < -0.39 is 0 Å². The van der Waals surface area contributed by atoms with Crippen LogP contribution < -0.4 is 0 Å². The molecule has 5 fully saturated rings. The summed E-state index contributed by atoms with van der Waals surface area (Å²) < 4.78 is 5.53. The lowest BCUT2D eigenvalue weighted by Crippen LogP contribution is -2.62. The lowest BCUT2D eigenvalue weighted by molar-refractivity contribution is 0.00330. The van der Waals surface area contributed by atoms with Gasteiger partial charge in [0.25, 0.3) is 0 Å². The van der Waals surface area contributed by atoms with Crippen LogP contribution in [0.25, 0.3) is 0 Å². The number of benzene rings is 1. The molecule has 3 heterocycles. The molecular weight excluding hydrogens is 274 g/mol. The van der Waals surface area contributed by atoms with Crippen LogP contribution in [0.15, 0.2) is 30.3 Å². The van der Waals surface area contributed by atoms with Gasteiger partial charge in [-0.15, -0.1) is 0 Å². The zero-order valence-corrected chi connectivity index (χ0v) is 12.9. The van der Waals surface area contributed by atoms with E-state index in [1.54, 1.807) is 0 Å². The third-order valence-corrected chi connectivity index (χ3v) is 6.40. The third kappa shape index (κ3) is 1.57. The van der Waals surface area contributed by atoms with Crippen molar-refractivity contribution in [2.24, 2.45) is 11.8 Å². The van der Waals surface area contributed by atoms with Crippen molar-refractivity contribution >= 4 is 5.84 Å².